The molecule has 1 atom stereocenters. The first kappa shape index (κ1) is 16.9. The average molecular weight is 372 g/mol. The van der Waals surface area contributed by atoms with Crippen LogP contribution in [0.3, 0.4) is 0 Å². The van der Waals surface area contributed by atoms with Crippen molar-refractivity contribution in [1.82, 2.24) is 19.8 Å². The molecule has 6 heteroatoms. The number of carbonyl (C=O) groups is 2. The van der Waals surface area contributed by atoms with Crippen LogP contribution in [0.4, 0.5) is 0 Å². The molecule has 0 bridgehead atoms. The van der Waals surface area contributed by atoms with Crippen molar-refractivity contribution in [2.24, 2.45) is 0 Å². The predicted octanol–water partition coefficient (Wildman–Crippen LogP) is 2.77. The summed E-state index contributed by atoms with van der Waals surface area (Å²) in [5.41, 5.74) is 3.59. The molecule has 2 amide bonds. The molecule has 0 aliphatic carbocycles. The molecule has 1 unspecified atom stereocenters. The zero-order valence-electron chi connectivity index (χ0n) is 15.6. The Morgan fingerprint density at radius 2 is 1.82 bits per heavy atom. The van der Waals surface area contributed by atoms with Crippen molar-refractivity contribution in [3.63, 3.8) is 0 Å². The maximum absolute atomic E-state index is 12.8. The number of rotatable bonds is 3. The number of carbonyl (C=O) groups excluding carboxylic acids is 2. The Morgan fingerprint density at radius 1 is 1.07 bits per heavy atom. The number of likely N-dealkylation sites (tertiary alicyclic amines) is 1. The molecule has 28 heavy (non-hydrogen) atoms. The lowest BCUT2D eigenvalue weighted by Crippen LogP contribution is -2.49. The lowest BCUT2D eigenvalue weighted by Gasteiger charge is -2.40. The monoisotopic (exact) mass is 372 g/mol. The van der Waals surface area contributed by atoms with Crippen LogP contribution in [0.1, 0.15) is 40.0 Å². The van der Waals surface area contributed by atoms with E-state index in [0.29, 0.717) is 25.1 Å². The van der Waals surface area contributed by atoms with Crippen LogP contribution in [0.2, 0.25) is 0 Å². The highest BCUT2D eigenvalue weighted by atomic mass is 16.2. The zero-order chi connectivity index (χ0) is 19.3. The number of amides is 2. The SMILES string of the molecule is CN1C(=O)c2ccccc2C1CC(=O)N1CC(c2ncnc3ccccc23)C1. The molecular formula is C22H20N4O2. The van der Waals surface area contributed by atoms with Gasteiger partial charge in [-0.05, 0) is 17.7 Å². The third kappa shape index (κ3) is 2.56. The van der Waals surface area contributed by atoms with E-state index < -0.39 is 0 Å². The van der Waals surface area contributed by atoms with Crippen LogP contribution < -0.4 is 0 Å². The highest BCUT2D eigenvalue weighted by Gasteiger charge is 2.39. The minimum absolute atomic E-state index is 0.0117. The van der Waals surface area contributed by atoms with Gasteiger partial charge in [0, 0.05) is 37.0 Å². The molecule has 5 rings (SSSR count). The molecule has 2 aromatic carbocycles. The molecule has 0 saturated carbocycles. The summed E-state index contributed by atoms with van der Waals surface area (Å²) in [5, 5.41) is 1.05. The molecule has 1 fully saturated rings. The lowest BCUT2D eigenvalue weighted by atomic mass is 9.92. The van der Waals surface area contributed by atoms with E-state index in [1.807, 2.05) is 53.4 Å². The van der Waals surface area contributed by atoms with Crippen molar-refractivity contribution in [1.29, 1.82) is 0 Å². The van der Waals surface area contributed by atoms with E-state index in [-0.39, 0.29) is 23.8 Å². The van der Waals surface area contributed by atoms with Crippen molar-refractivity contribution < 1.29 is 9.59 Å². The van der Waals surface area contributed by atoms with E-state index in [4.69, 9.17) is 0 Å². The standard InChI is InChI=1S/C22H20N4O2/c1-25-19(15-6-2-3-7-16(15)22(25)28)10-20(27)26-11-14(12-26)21-17-8-4-5-9-18(17)23-13-24-21/h2-9,13-14,19H,10-12H2,1H3. The number of nitrogens with zero attached hydrogens (tertiary/aromatic N) is 4. The third-order valence-corrected chi connectivity index (χ3v) is 5.90. The van der Waals surface area contributed by atoms with Crippen molar-refractivity contribution in [2.45, 2.75) is 18.4 Å². The van der Waals surface area contributed by atoms with Gasteiger partial charge in [-0.2, -0.15) is 0 Å². The summed E-state index contributed by atoms with van der Waals surface area (Å²) in [7, 11) is 1.77. The van der Waals surface area contributed by atoms with Gasteiger partial charge in [0.15, 0.2) is 0 Å². The highest BCUT2D eigenvalue weighted by molar-refractivity contribution is 5.99. The van der Waals surface area contributed by atoms with E-state index in [0.717, 1.165) is 22.2 Å². The van der Waals surface area contributed by atoms with Crippen molar-refractivity contribution >= 4 is 22.7 Å². The summed E-state index contributed by atoms with van der Waals surface area (Å²) >= 11 is 0. The minimum atomic E-state index is -0.185. The Labute approximate surface area is 162 Å². The number of fused-ring (bicyclic) bond motifs is 2. The molecule has 0 N–H and O–H groups in total. The fourth-order valence-corrected chi connectivity index (χ4v) is 4.27. The Hall–Kier alpha value is -3.28. The van der Waals surface area contributed by atoms with E-state index in [9.17, 15) is 9.59 Å². The summed E-state index contributed by atoms with van der Waals surface area (Å²) in [4.78, 5) is 37.6. The van der Waals surface area contributed by atoms with Crippen LogP contribution in [0.25, 0.3) is 10.9 Å². The summed E-state index contributed by atoms with van der Waals surface area (Å²) < 4.78 is 0. The van der Waals surface area contributed by atoms with Gasteiger partial charge in [0.2, 0.25) is 5.91 Å². The molecular weight excluding hydrogens is 352 g/mol. The molecule has 1 aromatic heterocycles. The molecule has 2 aliphatic heterocycles. The van der Waals surface area contributed by atoms with E-state index >= 15 is 0 Å². The van der Waals surface area contributed by atoms with Gasteiger partial charge in [0.1, 0.15) is 6.33 Å². The number of para-hydroxylation sites is 1. The van der Waals surface area contributed by atoms with Gasteiger partial charge in [0.25, 0.3) is 5.91 Å². The van der Waals surface area contributed by atoms with Gasteiger partial charge < -0.3 is 9.80 Å². The van der Waals surface area contributed by atoms with E-state index in [1.165, 1.54) is 0 Å². The van der Waals surface area contributed by atoms with Gasteiger partial charge in [-0.25, -0.2) is 9.97 Å². The molecule has 6 nitrogen and oxygen atoms in total. The fourth-order valence-electron chi connectivity index (χ4n) is 4.27. The number of hydrogen-bond acceptors (Lipinski definition) is 4. The second-order valence-electron chi connectivity index (χ2n) is 7.49. The van der Waals surface area contributed by atoms with Gasteiger partial charge in [0.05, 0.1) is 23.7 Å². The van der Waals surface area contributed by atoms with Crippen molar-refractivity contribution in [2.75, 3.05) is 20.1 Å². The topological polar surface area (TPSA) is 66.4 Å². The summed E-state index contributed by atoms with van der Waals surface area (Å²) in [6.45, 7) is 1.32. The first-order valence-corrected chi connectivity index (χ1v) is 9.47. The molecule has 1 saturated heterocycles. The second-order valence-corrected chi connectivity index (χ2v) is 7.49. The Kier molecular flexibility index (Phi) is 3.86. The largest absolute Gasteiger partial charge is 0.341 e. The first-order chi connectivity index (χ1) is 13.6. The smallest absolute Gasteiger partial charge is 0.254 e. The second kappa shape index (κ2) is 6.41. The third-order valence-electron chi connectivity index (χ3n) is 5.90. The van der Waals surface area contributed by atoms with Gasteiger partial charge in [-0.3, -0.25) is 9.59 Å². The van der Waals surface area contributed by atoms with Crippen LogP contribution in [-0.2, 0) is 4.79 Å². The Bertz CT molecular complexity index is 1090. The van der Waals surface area contributed by atoms with Gasteiger partial charge in [-0.1, -0.05) is 36.4 Å². The molecule has 3 heterocycles. The number of benzene rings is 2. The van der Waals surface area contributed by atoms with E-state index in [1.54, 1.807) is 18.3 Å². The molecule has 0 spiro atoms. The van der Waals surface area contributed by atoms with Crippen LogP contribution in [0, 0.1) is 0 Å². The summed E-state index contributed by atoms with van der Waals surface area (Å²) in [6, 6.07) is 15.3. The van der Waals surface area contributed by atoms with Crippen molar-refractivity contribution in [3.8, 4) is 0 Å². The van der Waals surface area contributed by atoms with Crippen LogP contribution in [-0.4, -0.2) is 51.7 Å². The Morgan fingerprint density at radius 3 is 2.68 bits per heavy atom. The predicted molar refractivity (Wildman–Crippen MR) is 105 cm³/mol. The zero-order valence-corrected chi connectivity index (χ0v) is 15.6. The van der Waals surface area contributed by atoms with Gasteiger partial charge >= 0.3 is 0 Å². The van der Waals surface area contributed by atoms with Crippen LogP contribution >= 0.6 is 0 Å². The summed E-state index contributed by atoms with van der Waals surface area (Å²) in [5.74, 6) is 0.297. The first-order valence-electron chi connectivity index (χ1n) is 9.47. The number of aromatic nitrogens is 2. The fraction of sp³-hybridized carbons (Fsp3) is 0.273. The number of hydrogen-bond donors (Lipinski definition) is 0. The molecule has 140 valence electrons. The van der Waals surface area contributed by atoms with Gasteiger partial charge in [-0.15, -0.1) is 0 Å². The highest BCUT2D eigenvalue weighted by Crippen LogP contribution is 2.36. The summed E-state index contributed by atoms with van der Waals surface area (Å²) in [6.07, 6.45) is 1.91. The molecule has 0 radical (unpaired) electrons. The van der Waals surface area contributed by atoms with Crippen LogP contribution in [0.15, 0.2) is 54.9 Å². The minimum Gasteiger partial charge on any atom is -0.341 e. The molecule has 2 aliphatic rings. The normalized spacial score (nSPS) is 19.0. The Balaban J connectivity index is 1.29. The average Bonchev–Trinajstić information content (AvgIpc) is 2.92. The van der Waals surface area contributed by atoms with E-state index in [2.05, 4.69) is 9.97 Å². The quantitative estimate of drug-likeness (QED) is 0.709. The van der Waals surface area contributed by atoms with Crippen molar-refractivity contribution in [3.05, 3.63) is 71.7 Å². The lowest BCUT2D eigenvalue weighted by molar-refractivity contribution is -0.136. The molecule has 3 aromatic rings. The maximum atomic E-state index is 12.8. The maximum Gasteiger partial charge on any atom is 0.254 e. The van der Waals surface area contributed by atoms with Crippen LogP contribution in [0.5, 0.6) is 0 Å².